The molecule has 3 rings (SSSR count). The van der Waals surface area contributed by atoms with Crippen molar-refractivity contribution in [2.75, 3.05) is 19.6 Å². The maximum Gasteiger partial charge on any atom is 0.272 e. The molecule has 2 aromatic rings. The normalized spacial score (nSPS) is 18.6. The van der Waals surface area contributed by atoms with E-state index in [1.54, 1.807) is 0 Å². The fourth-order valence-electron chi connectivity index (χ4n) is 3.28. The monoisotopic (exact) mass is 424 g/mol. The van der Waals surface area contributed by atoms with Gasteiger partial charge in [-0.2, -0.15) is 5.10 Å². The Morgan fingerprint density at radius 2 is 2.40 bits per heavy atom. The fourth-order valence-corrected chi connectivity index (χ4v) is 4.84. The van der Waals surface area contributed by atoms with Gasteiger partial charge in [-0.05, 0) is 58.6 Å². The van der Waals surface area contributed by atoms with Gasteiger partial charge in [0.1, 0.15) is 0 Å². The number of hydrogen-bond acceptors (Lipinski definition) is 4. The summed E-state index contributed by atoms with van der Waals surface area (Å²) in [6.45, 7) is 8.05. The highest BCUT2D eigenvalue weighted by molar-refractivity contribution is 9.10. The van der Waals surface area contributed by atoms with Crippen molar-refractivity contribution in [1.82, 2.24) is 20.4 Å². The van der Waals surface area contributed by atoms with Crippen LogP contribution in [0.3, 0.4) is 0 Å². The molecular weight excluding hydrogens is 400 g/mol. The van der Waals surface area contributed by atoms with Crippen LogP contribution in [0.15, 0.2) is 22.0 Å². The van der Waals surface area contributed by atoms with Crippen molar-refractivity contribution in [1.29, 1.82) is 0 Å². The van der Waals surface area contributed by atoms with Crippen LogP contribution in [0.2, 0.25) is 0 Å². The number of amides is 1. The Balaban J connectivity index is 1.51. The summed E-state index contributed by atoms with van der Waals surface area (Å²) < 4.78 is 0.781. The number of halogens is 1. The maximum atomic E-state index is 12.4. The molecule has 1 saturated heterocycles. The van der Waals surface area contributed by atoms with Gasteiger partial charge in [-0.25, -0.2) is 0 Å². The Hall–Kier alpha value is -1.18. The highest BCUT2D eigenvalue weighted by Crippen LogP contribution is 2.25. The summed E-state index contributed by atoms with van der Waals surface area (Å²) in [5.74, 6) is 0.693. The molecule has 2 aromatic heterocycles. The number of nitrogens with one attached hydrogen (secondary N) is 2. The van der Waals surface area contributed by atoms with E-state index in [9.17, 15) is 4.79 Å². The second kappa shape index (κ2) is 8.47. The van der Waals surface area contributed by atoms with E-state index in [-0.39, 0.29) is 5.91 Å². The van der Waals surface area contributed by atoms with Crippen LogP contribution in [0.4, 0.5) is 0 Å². The first-order valence-corrected chi connectivity index (χ1v) is 10.5. The molecule has 1 atom stereocenters. The second-order valence-electron chi connectivity index (χ2n) is 6.99. The molecule has 1 amide bonds. The Kier molecular flexibility index (Phi) is 6.30. The third kappa shape index (κ3) is 4.71. The lowest BCUT2D eigenvalue weighted by molar-refractivity contribution is 0.0925. The topological polar surface area (TPSA) is 61.0 Å². The largest absolute Gasteiger partial charge is 0.350 e. The molecule has 25 heavy (non-hydrogen) atoms. The molecule has 1 fully saturated rings. The number of H-pyrrole nitrogens is 1. The van der Waals surface area contributed by atoms with Crippen LogP contribution < -0.4 is 5.32 Å². The minimum Gasteiger partial charge on any atom is -0.350 e. The van der Waals surface area contributed by atoms with Gasteiger partial charge in [0.15, 0.2) is 5.69 Å². The molecule has 3 heterocycles. The molecule has 0 radical (unpaired) electrons. The second-order valence-corrected chi connectivity index (χ2v) is 8.81. The van der Waals surface area contributed by atoms with Crippen molar-refractivity contribution in [3.05, 3.63) is 38.3 Å². The average Bonchev–Trinajstić information content (AvgIpc) is 3.22. The van der Waals surface area contributed by atoms with E-state index in [2.05, 4.69) is 67.7 Å². The Morgan fingerprint density at radius 3 is 3.08 bits per heavy atom. The Bertz CT molecular complexity index is 698. The molecule has 1 aliphatic heterocycles. The van der Waals surface area contributed by atoms with Gasteiger partial charge in [-0.15, -0.1) is 11.3 Å². The predicted molar refractivity (Wildman–Crippen MR) is 105 cm³/mol. The van der Waals surface area contributed by atoms with Crippen LogP contribution in [-0.2, 0) is 6.54 Å². The summed E-state index contributed by atoms with van der Waals surface area (Å²) in [6, 6.07) is 4.30. The maximum absolute atomic E-state index is 12.4. The quantitative estimate of drug-likeness (QED) is 0.736. The Morgan fingerprint density at radius 1 is 1.56 bits per heavy atom. The van der Waals surface area contributed by atoms with Gasteiger partial charge >= 0.3 is 0 Å². The van der Waals surface area contributed by atoms with Crippen LogP contribution in [0, 0.1) is 5.92 Å². The highest BCUT2D eigenvalue weighted by atomic mass is 79.9. The first kappa shape index (κ1) is 18.6. The standard InChI is InChI=1S/C18H25BrN4OS/c1-12(2)16-15(19)17(22-21-16)18(24)20-9-13-5-3-7-23(10-13)11-14-6-4-8-25-14/h4,6,8,12-13H,3,5,7,9-11H2,1-2H3,(H,20,24)(H,21,22). The zero-order valence-corrected chi connectivity index (χ0v) is 17.1. The molecule has 0 aromatic carbocycles. The van der Waals surface area contributed by atoms with Crippen LogP contribution in [-0.4, -0.2) is 40.6 Å². The number of carbonyl (C=O) groups is 1. The highest BCUT2D eigenvalue weighted by Gasteiger charge is 2.23. The summed E-state index contributed by atoms with van der Waals surface area (Å²) in [5, 5.41) is 12.3. The van der Waals surface area contributed by atoms with Gasteiger partial charge in [0.25, 0.3) is 5.91 Å². The third-order valence-corrected chi connectivity index (χ3v) is 6.30. The summed E-state index contributed by atoms with van der Waals surface area (Å²) in [6.07, 6.45) is 2.36. The van der Waals surface area contributed by atoms with Crippen molar-refractivity contribution >= 4 is 33.2 Å². The number of hydrogen-bond donors (Lipinski definition) is 2. The average molecular weight is 425 g/mol. The van der Waals surface area contributed by atoms with Crippen molar-refractivity contribution in [2.24, 2.45) is 5.92 Å². The van der Waals surface area contributed by atoms with Crippen molar-refractivity contribution in [3.8, 4) is 0 Å². The molecule has 0 aliphatic carbocycles. The summed E-state index contributed by atoms with van der Waals surface area (Å²) in [5.41, 5.74) is 1.42. The number of aromatic amines is 1. The first-order chi connectivity index (χ1) is 12.0. The van der Waals surface area contributed by atoms with Gasteiger partial charge in [-0.3, -0.25) is 14.8 Å². The summed E-state index contributed by atoms with van der Waals surface area (Å²) in [4.78, 5) is 16.3. The lowest BCUT2D eigenvalue weighted by atomic mass is 9.98. The smallest absolute Gasteiger partial charge is 0.272 e. The number of carbonyl (C=O) groups excluding carboxylic acids is 1. The SMILES string of the molecule is CC(C)c1[nH]nc(C(=O)NCC2CCCN(Cc3cccs3)C2)c1Br. The van der Waals surface area contributed by atoms with E-state index in [0.717, 1.165) is 29.8 Å². The molecule has 0 bridgehead atoms. The molecule has 2 N–H and O–H groups in total. The summed E-state index contributed by atoms with van der Waals surface area (Å²) in [7, 11) is 0. The molecule has 1 unspecified atom stereocenters. The predicted octanol–water partition coefficient (Wildman–Crippen LogP) is 4.00. The molecule has 1 aliphatic rings. The van der Waals surface area contributed by atoms with Crippen molar-refractivity contribution in [2.45, 2.75) is 39.2 Å². The van der Waals surface area contributed by atoms with E-state index in [1.165, 1.54) is 17.7 Å². The number of rotatable bonds is 6. The van der Waals surface area contributed by atoms with Gasteiger partial charge < -0.3 is 5.32 Å². The Labute approximate surface area is 161 Å². The van der Waals surface area contributed by atoms with Crippen LogP contribution in [0.1, 0.15) is 53.7 Å². The van der Waals surface area contributed by atoms with E-state index in [0.29, 0.717) is 24.1 Å². The molecule has 136 valence electrons. The van der Waals surface area contributed by atoms with Crippen LogP contribution in [0.5, 0.6) is 0 Å². The number of likely N-dealkylation sites (tertiary alicyclic amines) is 1. The van der Waals surface area contributed by atoms with Gasteiger partial charge in [0.05, 0.1) is 10.2 Å². The van der Waals surface area contributed by atoms with Gasteiger partial charge in [-0.1, -0.05) is 19.9 Å². The lowest BCUT2D eigenvalue weighted by Crippen LogP contribution is -2.40. The molecule has 5 nitrogen and oxygen atoms in total. The molecule has 7 heteroatoms. The van der Waals surface area contributed by atoms with E-state index in [4.69, 9.17) is 0 Å². The van der Waals surface area contributed by atoms with Crippen molar-refractivity contribution in [3.63, 3.8) is 0 Å². The van der Waals surface area contributed by atoms with E-state index in [1.807, 2.05) is 11.3 Å². The van der Waals surface area contributed by atoms with Crippen LogP contribution in [0.25, 0.3) is 0 Å². The zero-order valence-electron chi connectivity index (χ0n) is 14.7. The van der Waals surface area contributed by atoms with Crippen molar-refractivity contribution < 1.29 is 4.79 Å². The van der Waals surface area contributed by atoms with Gasteiger partial charge in [0, 0.05) is 24.5 Å². The number of thiophene rings is 1. The van der Waals surface area contributed by atoms with E-state index < -0.39 is 0 Å². The fraction of sp³-hybridized carbons (Fsp3) is 0.556. The number of nitrogens with zero attached hydrogens (tertiary/aromatic N) is 2. The minimum atomic E-state index is -0.106. The first-order valence-electron chi connectivity index (χ1n) is 8.81. The zero-order chi connectivity index (χ0) is 17.8. The summed E-state index contributed by atoms with van der Waals surface area (Å²) >= 11 is 5.31. The third-order valence-electron chi connectivity index (χ3n) is 4.64. The minimum absolute atomic E-state index is 0.106. The van der Waals surface area contributed by atoms with E-state index >= 15 is 0 Å². The van der Waals surface area contributed by atoms with Gasteiger partial charge in [0.2, 0.25) is 0 Å². The lowest BCUT2D eigenvalue weighted by Gasteiger charge is -2.32. The van der Waals surface area contributed by atoms with Crippen LogP contribution >= 0.6 is 27.3 Å². The number of piperidine rings is 1. The molecular formula is C18H25BrN4OS. The molecule has 0 saturated carbocycles. The number of aromatic nitrogens is 2. The molecule has 0 spiro atoms.